The number of likely N-dealkylation sites (tertiary alicyclic amines) is 1. The van der Waals surface area contributed by atoms with E-state index >= 15 is 0 Å². The number of ether oxygens (including phenoxy) is 1. The van der Waals surface area contributed by atoms with Crippen molar-refractivity contribution >= 4 is 41.0 Å². The second kappa shape index (κ2) is 15.2. The highest BCUT2D eigenvalue weighted by atomic mass is 32.2. The van der Waals surface area contributed by atoms with Crippen LogP contribution in [0.2, 0.25) is 0 Å². The van der Waals surface area contributed by atoms with Gasteiger partial charge in [0.05, 0.1) is 12.6 Å². The van der Waals surface area contributed by atoms with Crippen molar-refractivity contribution in [3.8, 4) is 0 Å². The van der Waals surface area contributed by atoms with Crippen LogP contribution in [0, 0.1) is 0 Å². The van der Waals surface area contributed by atoms with Crippen LogP contribution in [-0.4, -0.2) is 103 Å². The summed E-state index contributed by atoms with van der Waals surface area (Å²) in [5.74, 6) is -0.319. The molecule has 4 atom stereocenters. The van der Waals surface area contributed by atoms with Gasteiger partial charge >= 0.3 is 6.03 Å². The molecule has 2 aliphatic rings. The first kappa shape index (κ1) is 30.0. The number of methoxy groups -OCH3 is 1. The normalized spacial score (nSPS) is 21.3. The van der Waals surface area contributed by atoms with Crippen LogP contribution in [0.5, 0.6) is 0 Å². The first-order chi connectivity index (χ1) is 18.4. The maximum Gasteiger partial charge on any atom is 0.319 e. The number of nitrogens with two attached hydrogens (primary N) is 1. The molecule has 2 fully saturated rings. The Hall–Kier alpha value is -2.54. The molecule has 2 aliphatic heterocycles. The Balaban J connectivity index is 1.45. The molecular formula is C26H43N7O4S. The van der Waals surface area contributed by atoms with Crippen LogP contribution in [0.4, 0.5) is 16.2 Å². The third-order valence-electron chi connectivity index (χ3n) is 6.87. The molecule has 0 aliphatic carbocycles. The summed E-state index contributed by atoms with van der Waals surface area (Å²) >= 11 is 1.41. The first-order valence-corrected chi connectivity index (χ1v) is 14.4. The third-order valence-corrected chi connectivity index (χ3v) is 8.40. The first-order valence-electron chi connectivity index (χ1n) is 13.5. The molecule has 0 bridgehead atoms. The van der Waals surface area contributed by atoms with Crippen LogP contribution in [0.15, 0.2) is 24.3 Å². The fourth-order valence-electron chi connectivity index (χ4n) is 4.64. The molecule has 3 rings (SSSR count). The summed E-state index contributed by atoms with van der Waals surface area (Å²) in [5, 5.41) is 11.2. The topological polar surface area (TPSA) is 141 Å². The van der Waals surface area contributed by atoms with Crippen molar-refractivity contribution in [1.29, 1.82) is 0 Å². The number of rotatable bonds is 14. The van der Waals surface area contributed by atoms with Crippen LogP contribution in [0.3, 0.4) is 0 Å². The predicted octanol–water partition coefficient (Wildman–Crippen LogP) is 1.47. The second-order valence-corrected chi connectivity index (χ2v) is 10.9. The summed E-state index contributed by atoms with van der Waals surface area (Å²) in [6.07, 6.45) is 3.19. The molecule has 2 saturated heterocycles. The SMILES string of the molecule is CCC(COC)NC(=O)[C@@H](N)C1S[C@H](CNc2ccc(NC(=O)NCCN3CCCC3)cc2)C(=O)N1CC. The lowest BCUT2D eigenvalue weighted by atomic mass is 10.2. The predicted molar refractivity (Wildman–Crippen MR) is 152 cm³/mol. The number of amides is 4. The summed E-state index contributed by atoms with van der Waals surface area (Å²) < 4.78 is 5.15. The summed E-state index contributed by atoms with van der Waals surface area (Å²) in [4.78, 5) is 42.0. The lowest BCUT2D eigenvalue weighted by Gasteiger charge is -2.28. The van der Waals surface area contributed by atoms with Gasteiger partial charge in [-0.05, 0) is 63.5 Å². The Bertz CT molecular complexity index is 913. The number of thioether (sulfide) groups is 1. The highest BCUT2D eigenvalue weighted by Gasteiger charge is 2.44. The van der Waals surface area contributed by atoms with E-state index in [1.807, 2.05) is 38.1 Å². The van der Waals surface area contributed by atoms with Crippen LogP contribution in [0.1, 0.15) is 33.1 Å². The third kappa shape index (κ3) is 8.48. The van der Waals surface area contributed by atoms with E-state index in [9.17, 15) is 14.4 Å². The van der Waals surface area contributed by atoms with Crippen molar-refractivity contribution in [3.05, 3.63) is 24.3 Å². The number of hydrogen-bond donors (Lipinski definition) is 5. The fourth-order valence-corrected chi connectivity index (χ4v) is 6.10. The lowest BCUT2D eigenvalue weighted by molar-refractivity contribution is -0.131. The Morgan fingerprint density at radius 2 is 1.84 bits per heavy atom. The molecule has 0 spiro atoms. The van der Waals surface area contributed by atoms with E-state index < -0.39 is 11.4 Å². The molecule has 12 heteroatoms. The standard InChI is InChI=1S/C26H43N7O4S/c1-4-18(17-37-3)30-23(34)22(27)25-33(5-2)24(35)21(38-25)16-29-19-8-10-20(11-9-19)31-26(36)28-12-15-32-13-6-7-14-32/h8-11,18,21-22,25,29H,4-7,12-17,27H2,1-3H3,(H,30,34)(H2,28,31,36)/t18?,21-,22-,25?/m1/s1. The average Bonchev–Trinajstić information content (AvgIpc) is 3.54. The van der Waals surface area contributed by atoms with Crippen LogP contribution < -0.4 is 27.0 Å². The molecule has 11 nitrogen and oxygen atoms in total. The van der Waals surface area contributed by atoms with Crippen LogP contribution >= 0.6 is 11.8 Å². The lowest BCUT2D eigenvalue weighted by Crippen LogP contribution is -2.55. The number of benzene rings is 1. The van der Waals surface area contributed by atoms with E-state index in [0.717, 1.165) is 31.7 Å². The summed E-state index contributed by atoms with van der Waals surface area (Å²) in [7, 11) is 1.59. The molecule has 6 N–H and O–H groups in total. The Morgan fingerprint density at radius 1 is 1.16 bits per heavy atom. The number of likely N-dealkylation sites (N-methyl/N-ethyl adjacent to an activating group) is 1. The maximum absolute atomic E-state index is 13.0. The number of nitrogens with one attached hydrogen (secondary N) is 4. The zero-order valence-electron chi connectivity index (χ0n) is 22.7. The number of hydrogen-bond acceptors (Lipinski definition) is 8. The molecule has 1 aromatic carbocycles. The van der Waals surface area contributed by atoms with Gasteiger partial charge in [-0.15, -0.1) is 11.8 Å². The monoisotopic (exact) mass is 549 g/mol. The number of nitrogens with zero attached hydrogens (tertiary/aromatic N) is 2. The summed E-state index contributed by atoms with van der Waals surface area (Å²) in [6, 6.07) is 6.17. The van der Waals surface area contributed by atoms with E-state index in [-0.39, 0.29) is 29.1 Å². The molecule has 2 heterocycles. The highest BCUT2D eigenvalue weighted by Crippen LogP contribution is 2.33. The van der Waals surface area contributed by atoms with Gasteiger partial charge < -0.3 is 41.5 Å². The Kier molecular flexibility index (Phi) is 12.0. The number of carbonyl (C=O) groups is 3. The molecular weight excluding hydrogens is 506 g/mol. The van der Waals surface area contributed by atoms with Crippen molar-refractivity contribution < 1.29 is 19.1 Å². The molecule has 4 amide bonds. The zero-order chi connectivity index (χ0) is 27.5. The van der Waals surface area contributed by atoms with Gasteiger partial charge in [-0.1, -0.05) is 6.92 Å². The quantitative estimate of drug-likeness (QED) is 0.235. The van der Waals surface area contributed by atoms with Gasteiger partial charge in [-0.25, -0.2) is 4.79 Å². The molecule has 0 saturated carbocycles. The van der Waals surface area contributed by atoms with Crippen molar-refractivity contribution in [2.75, 3.05) is 63.6 Å². The summed E-state index contributed by atoms with van der Waals surface area (Å²) in [5.41, 5.74) is 7.83. The Morgan fingerprint density at radius 3 is 2.47 bits per heavy atom. The molecule has 212 valence electrons. The van der Waals surface area contributed by atoms with E-state index in [2.05, 4.69) is 26.2 Å². The summed E-state index contributed by atoms with van der Waals surface area (Å²) in [6.45, 7) is 8.84. The molecule has 1 aromatic rings. The van der Waals surface area contributed by atoms with Crippen molar-refractivity contribution in [2.24, 2.45) is 5.73 Å². The van der Waals surface area contributed by atoms with Crippen LogP contribution in [-0.2, 0) is 14.3 Å². The average molecular weight is 550 g/mol. The van der Waals surface area contributed by atoms with E-state index in [4.69, 9.17) is 10.5 Å². The van der Waals surface area contributed by atoms with Gasteiger partial charge in [0.15, 0.2) is 0 Å². The second-order valence-electron chi connectivity index (χ2n) is 9.62. The molecule has 2 unspecified atom stereocenters. The minimum atomic E-state index is -0.841. The van der Waals surface area contributed by atoms with Gasteiger partial charge in [0, 0.05) is 44.7 Å². The Labute approximate surface area is 229 Å². The van der Waals surface area contributed by atoms with Crippen molar-refractivity contribution in [1.82, 2.24) is 20.4 Å². The van der Waals surface area contributed by atoms with E-state index in [0.29, 0.717) is 31.9 Å². The highest BCUT2D eigenvalue weighted by molar-refractivity contribution is 8.01. The van der Waals surface area contributed by atoms with Gasteiger partial charge in [-0.3, -0.25) is 9.59 Å². The maximum atomic E-state index is 13.0. The number of urea groups is 1. The number of carbonyl (C=O) groups excluding carboxylic acids is 3. The van der Waals surface area contributed by atoms with Gasteiger partial charge in [0.2, 0.25) is 11.8 Å². The fraction of sp³-hybridized carbons (Fsp3) is 0.654. The number of anilines is 2. The molecule has 0 aromatic heterocycles. The van der Waals surface area contributed by atoms with Crippen molar-refractivity contribution in [3.63, 3.8) is 0 Å². The van der Waals surface area contributed by atoms with E-state index in [1.165, 1.54) is 24.6 Å². The van der Waals surface area contributed by atoms with Gasteiger partial charge in [-0.2, -0.15) is 0 Å². The van der Waals surface area contributed by atoms with Gasteiger partial charge in [0.25, 0.3) is 0 Å². The molecule has 0 radical (unpaired) electrons. The molecule has 38 heavy (non-hydrogen) atoms. The van der Waals surface area contributed by atoms with E-state index in [1.54, 1.807) is 12.0 Å². The van der Waals surface area contributed by atoms with Crippen molar-refractivity contribution in [2.45, 2.75) is 55.8 Å². The minimum Gasteiger partial charge on any atom is -0.383 e. The minimum absolute atomic E-state index is 0.0360. The largest absolute Gasteiger partial charge is 0.383 e. The smallest absolute Gasteiger partial charge is 0.319 e. The zero-order valence-corrected chi connectivity index (χ0v) is 23.5. The van der Waals surface area contributed by atoms with Crippen LogP contribution in [0.25, 0.3) is 0 Å². The van der Waals surface area contributed by atoms with Gasteiger partial charge in [0.1, 0.15) is 16.7 Å².